The summed E-state index contributed by atoms with van der Waals surface area (Å²) in [4.78, 5) is 0. The Hall–Kier alpha value is -0.826. The Kier molecular flexibility index (Phi) is 4.54. The molecule has 0 fully saturated rings. The lowest BCUT2D eigenvalue weighted by atomic mass is 10.1. The Bertz CT molecular complexity index is 467. The van der Waals surface area contributed by atoms with Gasteiger partial charge in [0.1, 0.15) is 0 Å². The summed E-state index contributed by atoms with van der Waals surface area (Å²) in [6, 6.07) is 7.88. The van der Waals surface area contributed by atoms with Crippen LogP contribution in [0.15, 0.2) is 29.8 Å². The van der Waals surface area contributed by atoms with E-state index in [0.29, 0.717) is 10.2 Å². The van der Waals surface area contributed by atoms with Gasteiger partial charge in [0.2, 0.25) is 0 Å². The van der Waals surface area contributed by atoms with Crippen LogP contribution in [0.5, 0.6) is 0 Å². The minimum atomic E-state index is -0.331. The van der Waals surface area contributed by atoms with Crippen LogP contribution in [-0.4, -0.2) is 40.8 Å². The van der Waals surface area contributed by atoms with Gasteiger partial charge in [-0.05, 0) is 35.2 Å². The van der Waals surface area contributed by atoms with Crippen molar-refractivity contribution in [3.05, 3.63) is 35.4 Å². The minimum absolute atomic E-state index is 0.236. The molecule has 0 aliphatic rings. The molecular weight excluding hydrogens is 272 g/mol. The van der Waals surface area contributed by atoms with Crippen molar-refractivity contribution in [1.82, 2.24) is 0 Å². The molecule has 0 aliphatic carbocycles. The topological polar surface area (TPSA) is 40.5 Å². The van der Waals surface area contributed by atoms with Crippen molar-refractivity contribution in [1.29, 1.82) is 0 Å². The Morgan fingerprint density at radius 3 is 2.00 bits per heavy atom. The molecule has 0 bridgehead atoms. The highest BCUT2D eigenvalue weighted by atomic mass is 32.1. The fraction of sp³-hybridized carbons (Fsp3) is 0. The molecule has 0 amide bonds. The molecule has 0 spiro atoms. The van der Waals surface area contributed by atoms with Crippen molar-refractivity contribution in [3.63, 3.8) is 0 Å². The van der Waals surface area contributed by atoms with Crippen molar-refractivity contribution in [3.8, 4) is 0 Å². The number of hydrogen-bond donors (Lipinski definition) is 2. The van der Waals surface area contributed by atoms with E-state index in [1.54, 1.807) is 0 Å². The van der Waals surface area contributed by atoms with Gasteiger partial charge < -0.3 is 10.2 Å². The van der Waals surface area contributed by atoms with E-state index in [4.69, 9.17) is 24.4 Å². The van der Waals surface area contributed by atoms with E-state index in [1.165, 1.54) is 5.19 Å². The molecule has 0 radical (unpaired) electrons. The molecule has 0 saturated heterocycles. The summed E-state index contributed by atoms with van der Waals surface area (Å²) in [6.45, 7) is 0. The van der Waals surface area contributed by atoms with Gasteiger partial charge in [0.25, 0.3) is 0 Å². The highest BCUT2D eigenvalue weighted by Crippen LogP contribution is 2.15. The zero-order valence-electron chi connectivity index (χ0n) is 9.02. The summed E-state index contributed by atoms with van der Waals surface area (Å²) >= 11 is 9.39. The van der Waals surface area contributed by atoms with Gasteiger partial charge in [-0.15, -0.1) is 0 Å². The van der Waals surface area contributed by atoms with Gasteiger partial charge in [-0.3, -0.25) is 0 Å². The van der Waals surface area contributed by atoms with Crippen molar-refractivity contribution < 1.29 is 10.2 Å². The number of rotatable bonds is 3. The molecule has 84 valence electrons. The number of hydrogen-bond acceptors (Lipinski definition) is 2. The molecule has 0 aliphatic heterocycles. The van der Waals surface area contributed by atoms with Gasteiger partial charge >= 0.3 is 0 Å². The maximum absolute atomic E-state index is 9.36. The van der Waals surface area contributed by atoms with E-state index in [-0.39, 0.29) is 15.7 Å². The first-order valence-electron chi connectivity index (χ1n) is 4.68. The van der Waals surface area contributed by atoms with Gasteiger partial charge in [-0.25, -0.2) is 0 Å². The smallest absolute Gasteiger partial charge is 0.193 e. The maximum Gasteiger partial charge on any atom is 0.193 e. The third-order valence-corrected chi connectivity index (χ3v) is 4.67. The van der Waals surface area contributed by atoms with E-state index in [1.807, 2.05) is 24.3 Å². The number of aliphatic hydroxyl groups is 2. The molecule has 1 aromatic carbocycles. The normalized spacial score (nSPS) is 10.0. The van der Waals surface area contributed by atoms with Crippen LogP contribution in [0.3, 0.4) is 0 Å². The predicted molar refractivity (Wildman–Crippen MR) is 83.3 cm³/mol. The second kappa shape index (κ2) is 5.49. The summed E-state index contributed by atoms with van der Waals surface area (Å²) in [7, 11) is 1.56. The first-order chi connectivity index (χ1) is 7.45. The van der Waals surface area contributed by atoms with Crippen LogP contribution >= 0.6 is 24.4 Å². The van der Waals surface area contributed by atoms with Crippen LogP contribution in [-0.2, 0) is 0 Å². The van der Waals surface area contributed by atoms with E-state index in [2.05, 4.69) is 0 Å². The van der Waals surface area contributed by atoms with Gasteiger partial charge in [-0.2, -0.15) is 0 Å². The molecule has 0 heterocycles. The van der Waals surface area contributed by atoms with E-state index in [0.717, 1.165) is 21.0 Å². The molecule has 2 N–H and O–H groups in total. The lowest BCUT2D eigenvalue weighted by Gasteiger charge is -2.10. The second-order valence-electron chi connectivity index (χ2n) is 3.43. The number of thiocarbonyl (C=S) groups is 2. The van der Waals surface area contributed by atoms with Crippen molar-refractivity contribution >= 4 is 65.4 Å². The van der Waals surface area contributed by atoms with Crippen LogP contribution in [0, 0.1) is 0 Å². The zero-order chi connectivity index (χ0) is 12.3. The van der Waals surface area contributed by atoms with Gasteiger partial charge in [0.15, 0.2) is 10.1 Å². The average molecular weight is 285 g/mol. The average Bonchev–Trinajstić information content (AvgIpc) is 2.16. The first-order valence-corrected chi connectivity index (χ1v) is 7.50. The van der Waals surface area contributed by atoms with Gasteiger partial charge in [-0.1, -0.05) is 29.5 Å². The second-order valence-corrected chi connectivity index (χ2v) is 6.28. The van der Waals surface area contributed by atoms with Crippen molar-refractivity contribution in [2.75, 3.05) is 0 Å². The third kappa shape index (κ3) is 2.85. The quantitative estimate of drug-likeness (QED) is 0.447. The van der Waals surface area contributed by atoms with Crippen molar-refractivity contribution in [2.24, 2.45) is 0 Å². The number of benzene rings is 1. The highest BCUT2D eigenvalue weighted by molar-refractivity contribution is 7.82. The molecule has 0 aromatic heterocycles. The molecular formula is C10H12O2S2Si2. The van der Waals surface area contributed by atoms with Crippen LogP contribution in [0.25, 0.3) is 5.20 Å². The molecule has 0 atom stereocenters. The molecule has 1 rings (SSSR count). The summed E-state index contributed by atoms with van der Waals surface area (Å²) in [6.07, 6.45) is 0. The Morgan fingerprint density at radius 1 is 1.06 bits per heavy atom. The summed E-state index contributed by atoms with van der Waals surface area (Å²) < 4.78 is 0. The predicted octanol–water partition coefficient (Wildman–Crippen LogP) is -0.475. The summed E-state index contributed by atoms with van der Waals surface area (Å²) in [5, 5.41) is 20.1. The fourth-order valence-corrected chi connectivity index (χ4v) is 4.74. The van der Waals surface area contributed by atoms with E-state index < -0.39 is 0 Å². The molecule has 2 nitrogen and oxygen atoms in total. The molecule has 6 heteroatoms. The molecule has 0 saturated carbocycles. The summed E-state index contributed by atoms with van der Waals surface area (Å²) in [5.41, 5.74) is 1.27. The Balaban J connectivity index is 3.42. The zero-order valence-corrected chi connectivity index (χ0v) is 14.7. The van der Waals surface area contributed by atoms with Gasteiger partial charge in [0, 0.05) is 20.5 Å². The van der Waals surface area contributed by atoms with Crippen LogP contribution in [0.2, 0.25) is 0 Å². The minimum Gasteiger partial charge on any atom is -0.498 e. The highest BCUT2D eigenvalue weighted by Gasteiger charge is 2.14. The van der Waals surface area contributed by atoms with Gasteiger partial charge in [0.05, 0.1) is 5.57 Å². The SMILES string of the molecule is OC(=S)C(C(O)=S)=C([SiH3])c1ccccc1[SiH3]. The molecule has 16 heavy (non-hydrogen) atoms. The van der Waals surface area contributed by atoms with E-state index in [9.17, 15) is 10.2 Å². The number of aliphatic hydroxyl groups excluding tert-OH is 2. The summed E-state index contributed by atoms with van der Waals surface area (Å²) in [5.74, 6) is 0. The fourth-order valence-electron chi connectivity index (χ4n) is 1.54. The van der Waals surface area contributed by atoms with Crippen LogP contribution in [0.1, 0.15) is 5.56 Å². The van der Waals surface area contributed by atoms with Crippen LogP contribution < -0.4 is 5.19 Å². The molecule has 1 aromatic rings. The van der Waals surface area contributed by atoms with Crippen molar-refractivity contribution in [2.45, 2.75) is 0 Å². The third-order valence-electron chi connectivity index (χ3n) is 2.35. The standard InChI is InChI=1S/C10H12O2S2Si2/c11-9(13)7(10(12)14)8(16)5-3-1-2-4-6(5)15/h1-4H,15-16H3,(H,11,13)(H,12,14). The van der Waals surface area contributed by atoms with Crippen LogP contribution in [0.4, 0.5) is 0 Å². The lowest BCUT2D eigenvalue weighted by molar-refractivity contribution is 0.552. The Labute approximate surface area is 111 Å². The molecule has 0 unspecified atom stereocenters. The largest absolute Gasteiger partial charge is 0.498 e. The maximum atomic E-state index is 9.36. The monoisotopic (exact) mass is 284 g/mol. The van der Waals surface area contributed by atoms with E-state index >= 15 is 0 Å². The Morgan fingerprint density at radius 2 is 1.56 bits per heavy atom. The first kappa shape index (κ1) is 13.2. The lowest BCUT2D eigenvalue weighted by Crippen LogP contribution is -2.16.